The molecule has 2 N–H and O–H groups in total. The number of likely N-dealkylation sites (N-methyl/N-ethyl adjacent to an activating group) is 1. The molecule has 136 valence electrons. The Morgan fingerprint density at radius 3 is 2.42 bits per heavy atom. The van der Waals surface area contributed by atoms with Crippen molar-refractivity contribution in [3.05, 3.63) is 59.2 Å². The Hall–Kier alpha value is -3.04. The molecule has 2 rings (SSSR count). The van der Waals surface area contributed by atoms with Crippen molar-refractivity contribution in [1.29, 1.82) is 5.26 Å². The Morgan fingerprint density at radius 1 is 1.08 bits per heavy atom. The summed E-state index contributed by atoms with van der Waals surface area (Å²) in [6.45, 7) is 3.75. The molecule has 0 saturated heterocycles. The third-order valence-electron chi connectivity index (χ3n) is 3.70. The number of methoxy groups -OCH3 is 1. The number of amides is 1. The molecule has 0 aliphatic rings. The summed E-state index contributed by atoms with van der Waals surface area (Å²) in [5.41, 5.74) is 2.81. The van der Waals surface area contributed by atoms with E-state index in [1.165, 1.54) is 0 Å². The Kier molecular flexibility index (Phi) is 7.47. The molecule has 26 heavy (non-hydrogen) atoms. The molecule has 1 amide bonds. The van der Waals surface area contributed by atoms with Gasteiger partial charge in [-0.2, -0.15) is 5.26 Å². The molecule has 0 heterocycles. The second-order valence-corrected chi connectivity index (χ2v) is 5.64. The summed E-state index contributed by atoms with van der Waals surface area (Å²) >= 11 is 0. The zero-order valence-electron chi connectivity index (χ0n) is 15.0. The van der Waals surface area contributed by atoms with Gasteiger partial charge in [-0.15, -0.1) is 0 Å². The van der Waals surface area contributed by atoms with Gasteiger partial charge in [-0.3, -0.25) is 4.79 Å². The lowest BCUT2D eigenvalue weighted by molar-refractivity contribution is -0.123. The SMILES string of the molecule is CCNC(=O)COc1ccc(CNCc2ccc(C#N)cc2)cc1OC. The molecule has 0 radical (unpaired) electrons. The minimum atomic E-state index is -0.164. The topological polar surface area (TPSA) is 83.4 Å². The van der Waals surface area contributed by atoms with Crippen LogP contribution in [0.15, 0.2) is 42.5 Å². The van der Waals surface area contributed by atoms with Crippen molar-refractivity contribution in [3.63, 3.8) is 0 Å². The number of benzene rings is 2. The second-order valence-electron chi connectivity index (χ2n) is 5.64. The first kappa shape index (κ1) is 19.3. The van der Waals surface area contributed by atoms with Crippen LogP contribution >= 0.6 is 0 Å². The first-order chi connectivity index (χ1) is 12.7. The van der Waals surface area contributed by atoms with Crippen LogP contribution in [0.1, 0.15) is 23.6 Å². The monoisotopic (exact) mass is 353 g/mol. The Bertz CT molecular complexity index is 767. The third-order valence-corrected chi connectivity index (χ3v) is 3.70. The van der Waals surface area contributed by atoms with Crippen LogP contribution in [-0.2, 0) is 17.9 Å². The minimum absolute atomic E-state index is 0.0412. The summed E-state index contributed by atoms with van der Waals surface area (Å²) in [4.78, 5) is 11.5. The van der Waals surface area contributed by atoms with Crippen molar-refractivity contribution in [2.24, 2.45) is 0 Å². The Balaban J connectivity index is 1.89. The minimum Gasteiger partial charge on any atom is -0.493 e. The molecule has 0 atom stereocenters. The average molecular weight is 353 g/mol. The number of hydrogen-bond acceptors (Lipinski definition) is 5. The van der Waals surface area contributed by atoms with Crippen LogP contribution in [0.25, 0.3) is 0 Å². The maximum Gasteiger partial charge on any atom is 0.257 e. The number of nitrogens with one attached hydrogen (secondary N) is 2. The predicted molar refractivity (Wildman–Crippen MR) is 98.9 cm³/mol. The van der Waals surface area contributed by atoms with E-state index in [9.17, 15) is 4.79 Å². The lowest BCUT2D eigenvalue weighted by Crippen LogP contribution is -2.28. The molecule has 0 aromatic heterocycles. The van der Waals surface area contributed by atoms with Gasteiger partial charge in [-0.1, -0.05) is 18.2 Å². The lowest BCUT2D eigenvalue weighted by atomic mass is 10.1. The highest BCUT2D eigenvalue weighted by Crippen LogP contribution is 2.28. The fraction of sp³-hybridized carbons (Fsp3) is 0.300. The number of nitrogens with zero attached hydrogens (tertiary/aromatic N) is 1. The van der Waals surface area contributed by atoms with Crippen molar-refractivity contribution < 1.29 is 14.3 Å². The fourth-order valence-electron chi connectivity index (χ4n) is 2.38. The third kappa shape index (κ3) is 5.80. The summed E-state index contributed by atoms with van der Waals surface area (Å²) in [5, 5.41) is 14.8. The van der Waals surface area contributed by atoms with E-state index in [0.717, 1.165) is 11.1 Å². The van der Waals surface area contributed by atoms with E-state index in [1.54, 1.807) is 25.3 Å². The van der Waals surface area contributed by atoms with E-state index in [4.69, 9.17) is 14.7 Å². The van der Waals surface area contributed by atoms with Crippen molar-refractivity contribution in [1.82, 2.24) is 10.6 Å². The average Bonchev–Trinajstić information content (AvgIpc) is 2.67. The van der Waals surface area contributed by atoms with Crippen molar-refractivity contribution in [3.8, 4) is 17.6 Å². The molecule has 0 bridgehead atoms. The highest BCUT2D eigenvalue weighted by atomic mass is 16.5. The molecule has 6 heteroatoms. The van der Waals surface area contributed by atoms with Crippen molar-refractivity contribution >= 4 is 5.91 Å². The molecule has 0 fully saturated rings. The highest BCUT2D eigenvalue weighted by Gasteiger charge is 2.08. The van der Waals surface area contributed by atoms with E-state index in [2.05, 4.69) is 16.7 Å². The molecule has 0 saturated carbocycles. The van der Waals surface area contributed by atoms with Crippen molar-refractivity contribution in [2.75, 3.05) is 20.3 Å². The number of carbonyl (C=O) groups excluding carboxylic acids is 1. The van der Waals surface area contributed by atoms with Gasteiger partial charge >= 0.3 is 0 Å². The zero-order chi connectivity index (χ0) is 18.8. The van der Waals surface area contributed by atoms with E-state index in [0.29, 0.717) is 36.7 Å². The van der Waals surface area contributed by atoms with Gasteiger partial charge in [0.1, 0.15) is 0 Å². The first-order valence-electron chi connectivity index (χ1n) is 8.42. The lowest BCUT2D eigenvalue weighted by Gasteiger charge is -2.12. The zero-order valence-corrected chi connectivity index (χ0v) is 15.0. The van der Waals surface area contributed by atoms with Crippen LogP contribution in [0.3, 0.4) is 0 Å². The van der Waals surface area contributed by atoms with E-state index in [1.807, 2.05) is 31.2 Å². The molecule has 6 nitrogen and oxygen atoms in total. The van der Waals surface area contributed by atoms with Gasteiger partial charge in [0.2, 0.25) is 0 Å². The first-order valence-corrected chi connectivity index (χ1v) is 8.42. The standard InChI is InChI=1S/C20H23N3O3/c1-3-23-20(24)14-26-18-9-8-17(10-19(18)25-2)13-22-12-16-6-4-15(11-21)5-7-16/h4-10,22H,3,12-14H2,1-2H3,(H,23,24). The second kappa shape index (κ2) is 10.1. The van der Waals surface area contributed by atoms with E-state index in [-0.39, 0.29) is 12.5 Å². The van der Waals surface area contributed by atoms with Crippen LogP contribution < -0.4 is 20.1 Å². The molecular weight excluding hydrogens is 330 g/mol. The number of carbonyl (C=O) groups is 1. The van der Waals surface area contributed by atoms with Crippen molar-refractivity contribution in [2.45, 2.75) is 20.0 Å². The number of hydrogen-bond donors (Lipinski definition) is 2. The van der Waals surface area contributed by atoms with Gasteiger partial charge in [0.15, 0.2) is 18.1 Å². The van der Waals surface area contributed by atoms with Gasteiger partial charge in [0.25, 0.3) is 5.91 Å². The predicted octanol–water partition coefficient (Wildman–Crippen LogP) is 2.37. The summed E-state index contributed by atoms with van der Waals surface area (Å²) in [6, 6.07) is 15.2. The quantitative estimate of drug-likeness (QED) is 0.723. The summed E-state index contributed by atoms with van der Waals surface area (Å²) in [5.74, 6) is 0.962. The largest absolute Gasteiger partial charge is 0.493 e. The molecule has 0 spiro atoms. The number of nitriles is 1. The molecule has 0 aliphatic heterocycles. The van der Waals surface area contributed by atoms with Gasteiger partial charge in [-0.05, 0) is 42.3 Å². The van der Waals surface area contributed by atoms with Gasteiger partial charge in [0.05, 0.1) is 18.7 Å². The van der Waals surface area contributed by atoms with Gasteiger partial charge in [0, 0.05) is 19.6 Å². The van der Waals surface area contributed by atoms with Crippen LogP contribution in [0.2, 0.25) is 0 Å². The molecule has 2 aromatic carbocycles. The maximum atomic E-state index is 11.5. The normalized spacial score (nSPS) is 10.0. The van der Waals surface area contributed by atoms with E-state index < -0.39 is 0 Å². The van der Waals surface area contributed by atoms with Crippen LogP contribution in [-0.4, -0.2) is 26.2 Å². The fourth-order valence-corrected chi connectivity index (χ4v) is 2.38. The Labute approximate surface area is 153 Å². The Morgan fingerprint density at radius 2 is 1.77 bits per heavy atom. The molecule has 2 aromatic rings. The summed E-state index contributed by atoms with van der Waals surface area (Å²) in [6.07, 6.45) is 0. The highest BCUT2D eigenvalue weighted by molar-refractivity contribution is 5.77. The van der Waals surface area contributed by atoms with Crippen LogP contribution in [0.4, 0.5) is 0 Å². The smallest absolute Gasteiger partial charge is 0.257 e. The number of ether oxygens (including phenoxy) is 2. The number of rotatable bonds is 9. The van der Waals surface area contributed by atoms with Crippen LogP contribution in [0.5, 0.6) is 11.5 Å². The maximum absolute atomic E-state index is 11.5. The van der Waals surface area contributed by atoms with Gasteiger partial charge < -0.3 is 20.1 Å². The summed E-state index contributed by atoms with van der Waals surface area (Å²) < 4.78 is 10.9. The molecular formula is C20H23N3O3. The van der Waals surface area contributed by atoms with Crippen LogP contribution in [0, 0.1) is 11.3 Å². The molecule has 0 aliphatic carbocycles. The van der Waals surface area contributed by atoms with Gasteiger partial charge in [-0.25, -0.2) is 0 Å². The van der Waals surface area contributed by atoms with E-state index >= 15 is 0 Å². The summed E-state index contributed by atoms with van der Waals surface area (Å²) in [7, 11) is 1.57. The molecule has 0 unspecified atom stereocenters.